The van der Waals surface area contributed by atoms with E-state index in [1.54, 1.807) is 42.5 Å². The highest BCUT2D eigenvalue weighted by Crippen LogP contribution is 2.40. The van der Waals surface area contributed by atoms with Gasteiger partial charge >= 0.3 is 0 Å². The lowest BCUT2D eigenvalue weighted by atomic mass is 9.95. The van der Waals surface area contributed by atoms with Crippen LogP contribution in [0, 0.1) is 12.7 Å². The SMILES string of the molecule is Cc1ccc(/C(O)=C2\C(=O)C(=O)N(Cc3ccco3)C2c2cccc(F)c2)cc1. The summed E-state index contributed by atoms with van der Waals surface area (Å²) >= 11 is 0. The van der Waals surface area contributed by atoms with Crippen LogP contribution in [-0.4, -0.2) is 21.7 Å². The number of ketones is 1. The van der Waals surface area contributed by atoms with E-state index in [1.165, 1.54) is 29.4 Å². The van der Waals surface area contributed by atoms with Gasteiger partial charge < -0.3 is 14.4 Å². The number of carbonyl (C=O) groups is 2. The molecule has 1 unspecified atom stereocenters. The molecule has 1 fully saturated rings. The number of nitrogens with zero attached hydrogens (tertiary/aromatic N) is 1. The molecule has 29 heavy (non-hydrogen) atoms. The summed E-state index contributed by atoms with van der Waals surface area (Å²) in [5.41, 5.74) is 1.72. The molecule has 0 bridgehead atoms. The summed E-state index contributed by atoms with van der Waals surface area (Å²) in [6.07, 6.45) is 1.47. The third kappa shape index (κ3) is 3.45. The van der Waals surface area contributed by atoms with Crippen LogP contribution in [0.4, 0.5) is 4.39 Å². The number of aliphatic hydroxyl groups excluding tert-OH is 1. The minimum atomic E-state index is -0.933. The maximum Gasteiger partial charge on any atom is 0.296 e. The average Bonchev–Trinajstić information content (AvgIpc) is 3.30. The molecule has 0 aliphatic carbocycles. The van der Waals surface area contributed by atoms with E-state index in [0.717, 1.165) is 5.56 Å². The topological polar surface area (TPSA) is 70.8 Å². The molecule has 1 amide bonds. The molecule has 4 rings (SSSR count). The van der Waals surface area contributed by atoms with Crippen LogP contribution in [0.25, 0.3) is 5.76 Å². The van der Waals surface area contributed by atoms with Gasteiger partial charge in [-0.25, -0.2) is 4.39 Å². The Hall–Kier alpha value is -3.67. The standard InChI is InChI=1S/C23H18FNO4/c1-14-7-9-15(10-8-14)21(26)19-20(16-4-2-5-17(24)12-16)25(23(28)22(19)27)13-18-6-3-11-29-18/h2-12,20,26H,13H2,1H3/b21-19+. The molecule has 1 aliphatic rings. The average molecular weight is 391 g/mol. The third-order valence-corrected chi connectivity index (χ3v) is 4.94. The molecule has 2 aromatic carbocycles. The largest absolute Gasteiger partial charge is 0.507 e. The lowest BCUT2D eigenvalue weighted by Crippen LogP contribution is -2.29. The molecular weight excluding hydrogens is 373 g/mol. The van der Waals surface area contributed by atoms with Crippen molar-refractivity contribution in [3.8, 4) is 0 Å². The molecule has 1 aromatic heterocycles. The van der Waals surface area contributed by atoms with Crippen molar-refractivity contribution in [3.05, 3.63) is 101 Å². The molecule has 0 saturated carbocycles. The van der Waals surface area contributed by atoms with Crippen molar-refractivity contribution in [1.29, 1.82) is 0 Å². The van der Waals surface area contributed by atoms with Gasteiger partial charge in [-0.3, -0.25) is 9.59 Å². The lowest BCUT2D eigenvalue weighted by molar-refractivity contribution is -0.140. The molecule has 2 heterocycles. The fourth-order valence-electron chi connectivity index (χ4n) is 3.50. The van der Waals surface area contributed by atoms with Crippen molar-refractivity contribution in [3.63, 3.8) is 0 Å². The monoisotopic (exact) mass is 391 g/mol. The fraction of sp³-hybridized carbons (Fsp3) is 0.130. The molecule has 0 radical (unpaired) electrons. The highest BCUT2D eigenvalue weighted by Gasteiger charge is 2.46. The van der Waals surface area contributed by atoms with Crippen LogP contribution in [0.15, 0.2) is 76.9 Å². The van der Waals surface area contributed by atoms with Crippen LogP contribution in [-0.2, 0) is 16.1 Å². The number of hydrogen-bond acceptors (Lipinski definition) is 4. The molecule has 1 saturated heterocycles. The predicted octanol–water partition coefficient (Wildman–Crippen LogP) is 4.35. The summed E-state index contributed by atoms with van der Waals surface area (Å²) < 4.78 is 19.3. The van der Waals surface area contributed by atoms with Gasteiger partial charge in [-0.2, -0.15) is 0 Å². The second-order valence-electron chi connectivity index (χ2n) is 6.93. The maximum absolute atomic E-state index is 13.9. The van der Waals surface area contributed by atoms with Crippen LogP contribution < -0.4 is 0 Å². The first kappa shape index (κ1) is 18.7. The van der Waals surface area contributed by atoms with E-state index in [9.17, 15) is 19.1 Å². The quantitative estimate of drug-likeness (QED) is 0.408. The Bertz CT molecular complexity index is 1100. The Balaban J connectivity index is 1.87. The summed E-state index contributed by atoms with van der Waals surface area (Å²) in [7, 11) is 0. The van der Waals surface area contributed by atoms with Gasteiger partial charge in [0.2, 0.25) is 0 Å². The summed E-state index contributed by atoms with van der Waals surface area (Å²) in [4.78, 5) is 26.9. The minimum Gasteiger partial charge on any atom is -0.507 e. The first-order valence-electron chi connectivity index (χ1n) is 9.09. The second-order valence-corrected chi connectivity index (χ2v) is 6.93. The van der Waals surface area contributed by atoms with E-state index >= 15 is 0 Å². The lowest BCUT2D eigenvalue weighted by Gasteiger charge is -2.24. The van der Waals surface area contributed by atoms with Gasteiger partial charge in [0, 0.05) is 5.56 Å². The zero-order valence-corrected chi connectivity index (χ0v) is 15.6. The first-order valence-corrected chi connectivity index (χ1v) is 9.09. The highest BCUT2D eigenvalue weighted by atomic mass is 19.1. The van der Waals surface area contributed by atoms with E-state index in [1.807, 2.05) is 6.92 Å². The molecule has 0 spiro atoms. The highest BCUT2D eigenvalue weighted by molar-refractivity contribution is 6.46. The predicted molar refractivity (Wildman–Crippen MR) is 104 cm³/mol. The smallest absolute Gasteiger partial charge is 0.296 e. The van der Waals surface area contributed by atoms with Crippen LogP contribution in [0.3, 0.4) is 0 Å². The Kier molecular flexibility index (Phi) is 4.76. The van der Waals surface area contributed by atoms with Gasteiger partial charge in [0.15, 0.2) is 0 Å². The van der Waals surface area contributed by atoms with Crippen molar-refractivity contribution in [1.82, 2.24) is 4.90 Å². The normalized spacial score (nSPS) is 18.4. The Morgan fingerprint density at radius 3 is 2.52 bits per heavy atom. The third-order valence-electron chi connectivity index (χ3n) is 4.94. The molecule has 1 aliphatic heterocycles. The van der Waals surface area contributed by atoms with Crippen molar-refractivity contribution in [2.75, 3.05) is 0 Å². The summed E-state index contributed by atoms with van der Waals surface area (Å²) in [6.45, 7) is 1.92. The van der Waals surface area contributed by atoms with Gasteiger partial charge in [-0.15, -0.1) is 0 Å². The van der Waals surface area contributed by atoms with E-state index < -0.39 is 23.5 Å². The van der Waals surface area contributed by atoms with E-state index in [4.69, 9.17) is 4.42 Å². The van der Waals surface area contributed by atoms with E-state index in [2.05, 4.69) is 0 Å². The number of amides is 1. The number of aryl methyl sites for hydroxylation is 1. The van der Waals surface area contributed by atoms with Crippen LogP contribution in [0.2, 0.25) is 0 Å². The zero-order chi connectivity index (χ0) is 20.5. The Morgan fingerprint density at radius 2 is 1.86 bits per heavy atom. The number of furan rings is 1. The van der Waals surface area contributed by atoms with Crippen molar-refractivity contribution in [2.24, 2.45) is 0 Å². The summed E-state index contributed by atoms with van der Waals surface area (Å²) in [6, 6.07) is 15.0. The number of aliphatic hydroxyl groups is 1. The van der Waals surface area contributed by atoms with Gasteiger partial charge in [0.1, 0.15) is 17.3 Å². The van der Waals surface area contributed by atoms with Crippen molar-refractivity contribution in [2.45, 2.75) is 19.5 Å². The van der Waals surface area contributed by atoms with Gasteiger partial charge in [0.05, 0.1) is 24.4 Å². The van der Waals surface area contributed by atoms with Crippen molar-refractivity contribution >= 4 is 17.4 Å². The van der Waals surface area contributed by atoms with Gasteiger partial charge in [-0.1, -0.05) is 42.0 Å². The number of hydrogen-bond donors (Lipinski definition) is 1. The van der Waals surface area contributed by atoms with Crippen LogP contribution >= 0.6 is 0 Å². The second kappa shape index (κ2) is 7.39. The number of likely N-dealkylation sites (tertiary alicyclic amines) is 1. The summed E-state index contributed by atoms with van der Waals surface area (Å²) in [5.74, 6) is -1.90. The van der Waals surface area contributed by atoms with E-state index in [0.29, 0.717) is 16.9 Å². The molecular formula is C23H18FNO4. The fourth-order valence-corrected chi connectivity index (χ4v) is 3.50. The van der Waals surface area contributed by atoms with Gasteiger partial charge in [0.25, 0.3) is 11.7 Å². The number of Topliss-reactive ketones (excluding diaryl/α,β-unsaturated/α-hetero) is 1. The molecule has 5 nitrogen and oxygen atoms in total. The maximum atomic E-state index is 13.9. The molecule has 3 aromatic rings. The number of rotatable bonds is 4. The molecule has 146 valence electrons. The number of benzene rings is 2. The van der Waals surface area contributed by atoms with Crippen LogP contribution in [0.5, 0.6) is 0 Å². The van der Waals surface area contributed by atoms with Crippen LogP contribution in [0.1, 0.15) is 28.5 Å². The minimum absolute atomic E-state index is 0.0173. The number of halogens is 1. The molecule has 6 heteroatoms. The van der Waals surface area contributed by atoms with Crippen molar-refractivity contribution < 1.29 is 23.5 Å². The van der Waals surface area contributed by atoms with Gasteiger partial charge in [-0.05, 0) is 36.8 Å². The summed E-state index contributed by atoms with van der Waals surface area (Å²) in [5, 5.41) is 10.9. The zero-order valence-electron chi connectivity index (χ0n) is 15.6. The molecule has 1 N–H and O–H groups in total. The van der Waals surface area contributed by atoms with E-state index in [-0.39, 0.29) is 17.9 Å². The number of carbonyl (C=O) groups excluding carboxylic acids is 2. The first-order chi connectivity index (χ1) is 14.0. The Morgan fingerprint density at radius 1 is 1.10 bits per heavy atom. The Labute approximate surface area is 166 Å². The molecule has 1 atom stereocenters.